The molecule has 0 saturated heterocycles. The van der Waals surface area contributed by atoms with E-state index in [9.17, 15) is 0 Å². The lowest BCUT2D eigenvalue weighted by Gasteiger charge is -2.08. The molecule has 0 bridgehead atoms. The third-order valence-electron chi connectivity index (χ3n) is 7.26. The minimum Gasteiger partial charge on any atom is -0.461 e. The van der Waals surface area contributed by atoms with E-state index in [0.717, 1.165) is 35.5 Å². The first-order valence-electron chi connectivity index (χ1n) is 13.0. The highest BCUT2D eigenvalue weighted by molar-refractivity contribution is 6.20. The topological polar surface area (TPSA) is 26.3 Å². The normalized spacial score (nSPS) is 12.2. The van der Waals surface area contributed by atoms with Crippen molar-refractivity contribution in [1.82, 2.24) is 0 Å². The SMILES string of the molecule is CCCCCc1cc2cc3c(ccc4c5cc6cc(CCCCC)oc6cc5ccc34)cc2o1. The average Bonchev–Trinajstić information content (AvgIpc) is 3.43. The third kappa shape index (κ3) is 3.76. The predicted molar refractivity (Wildman–Crippen MR) is 145 cm³/mol. The largest absolute Gasteiger partial charge is 0.461 e. The van der Waals surface area contributed by atoms with Gasteiger partial charge in [0.05, 0.1) is 0 Å². The Labute approximate surface area is 200 Å². The highest BCUT2D eigenvalue weighted by atomic mass is 16.3. The van der Waals surface area contributed by atoms with E-state index in [2.05, 4.69) is 74.5 Å². The Hall–Kier alpha value is -3.26. The van der Waals surface area contributed by atoms with Crippen LogP contribution in [-0.4, -0.2) is 0 Å². The van der Waals surface area contributed by atoms with Crippen molar-refractivity contribution in [2.75, 3.05) is 0 Å². The van der Waals surface area contributed by atoms with Gasteiger partial charge in [0.1, 0.15) is 22.7 Å². The van der Waals surface area contributed by atoms with Gasteiger partial charge < -0.3 is 8.83 Å². The number of hydrogen-bond acceptors (Lipinski definition) is 2. The monoisotopic (exact) mass is 448 g/mol. The molecular formula is C32H32O2. The third-order valence-corrected chi connectivity index (χ3v) is 7.26. The first-order chi connectivity index (χ1) is 16.7. The van der Waals surface area contributed by atoms with Crippen LogP contribution in [0.3, 0.4) is 0 Å². The zero-order valence-electron chi connectivity index (χ0n) is 20.2. The fourth-order valence-corrected chi connectivity index (χ4v) is 5.40. The number of hydrogen-bond donors (Lipinski definition) is 0. The summed E-state index contributed by atoms with van der Waals surface area (Å²) >= 11 is 0. The second kappa shape index (κ2) is 8.83. The summed E-state index contributed by atoms with van der Waals surface area (Å²) in [4.78, 5) is 0. The van der Waals surface area contributed by atoms with Crippen LogP contribution in [0.4, 0.5) is 0 Å². The summed E-state index contributed by atoms with van der Waals surface area (Å²) in [7, 11) is 0. The molecule has 0 N–H and O–H groups in total. The van der Waals surface area contributed by atoms with Crippen molar-refractivity contribution in [3.8, 4) is 0 Å². The molecule has 0 saturated carbocycles. The Morgan fingerprint density at radius 1 is 0.471 bits per heavy atom. The summed E-state index contributed by atoms with van der Waals surface area (Å²) in [6, 6.07) is 22.5. The van der Waals surface area contributed by atoms with Gasteiger partial charge in [-0.15, -0.1) is 0 Å². The van der Waals surface area contributed by atoms with E-state index in [1.807, 2.05) is 0 Å². The van der Waals surface area contributed by atoms with Gasteiger partial charge >= 0.3 is 0 Å². The molecule has 0 amide bonds. The van der Waals surface area contributed by atoms with Crippen LogP contribution in [-0.2, 0) is 12.8 Å². The maximum Gasteiger partial charge on any atom is 0.134 e. The van der Waals surface area contributed by atoms with Crippen LogP contribution in [0.1, 0.15) is 63.9 Å². The van der Waals surface area contributed by atoms with Gasteiger partial charge in [-0.05, 0) is 81.6 Å². The van der Waals surface area contributed by atoms with Crippen molar-refractivity contribution in [3.05, 3.63) is 72.2 Å². The molecule has 0 aliphatic heterocycles. The maximum atomic E-state index is 6.18. The van der Waals surface area contributed by atoms with E-state index in [1.54, 1.807) is 0 Å². The minimum absolute atomic E-state index is 0.995. The average molecular weight is 449 g/mol. The van der Waals surface area contributed by atoms with Gasteiger partial charge in [0, 0.05) is 23.6 Å². The minimum atomic E-state index is 0.995. The summed E-state index contributed by atoms with van der Waals surface area (Å²) in [5.74, 6) is 2.20. The lowest BCUT2D eigenvalue weighted by atomic mass is 9.95. The maximum absolute atomic E-state index is 6.18. The Morgan fingerprint density at radius 3 is 1.38 bits per heavy atom. The Bertz CT molecular complexity index is 1510. The zero-order valence-corrected chi connectivity index (χ0v) is 20.2. The Balaban J connectivity index is 1.46. The van der Waals surface area contributed by atoms with Gasteiger partial charge in [0.15, 0.2) is 0 Å². The van der Waals surface area contributed by atoms with Crippen LogP contribution in [0.5, 0.6) is 0 Å². The lowest BCUT2D eigenvalue weighted by molar-refractivity contribution is 0.531. The quantitative estimate of drug-likeness (QED) is 0.171. The first-order valence-corrected chi connectivity index (χ1v) is 13.0. The highest BCUT2D eigenvalue weighted by Gasteiger charge is 2.12. The van der Waals surface area contributed by atoms with Crippen molar-refractivity contribution < 1.29 is 8.83 Å². The van der Waals surface area contributed by atoms with Gasteiger partial charge in [0.2, 0.25) is 0 Å². The fraction of sp³-hybridized carbons (Fsp3) is 0.312. The number of aryl methyl sites for hydroxylation is 2. The van der Waals surface area contributed by atoms with Crippen LogP contribution in [0, 0.1) is 0 Å². The van der Waals surface area contributed by atoms with E-state index in [0.29, 0.717) is 0 Å². The molecule has 6 rings (SSSR count). The van der Waals surface area contributed by atoms with E-state index in [1.165, 1.54) is 81.6 Å². The van der Waals surface area contributed by atoms with Gasteiger partial charge in [-0.2, -0.15) is 0 Å². The Kier molecular flexibility index (Phi) is 5.53. The smallest absolute Gasteiger partial charge is 0.134 e. The van der Waals surface area contributed by atoms with Crippen LogP contribution < -0.4 is 0 Å². The number of rotatable bonds is 8. The van der Waals surface area contributed by atoms with E-state index >= 15 is 0 Å². The zero-order chi connectivity index (χ0) is 23.1. The highest BCUT2D eigenvalue weighted by Crippen LogP contribution is 2.36. The molecule has 0 radical (unpaired) electrons. The van der Waals surface area contributed by atoms with E-state index in [-0.39, 0.29) is 0 Å². The van der Waals surface area contributed by atoms with Crippen molar-refractivity contribution in [3.63, 3.8) is 0 Å². The van der Waals surface area contributed by atoms with Crippen molar-refractivity contribution in [2.45, 2.75) is 65.2 Å². The standard InChI is InChI=1S/C32H32O2/c1-3-5-7-9-25-15-23-17-29-21(19-31(23)33-25)11-13-28-27(29)14-12-22-20-32-24(18-30(22)28)16-26(34-32)10-8-6-4-2/h11-20H,3-10H2,1-2H3. The number of unbranched alkanes of at least 4 members (excludes halogenated alkanes) is 4. The molecule has 2 aromatic heterocycles. The summed E-state index contributed by atoms with van der Waals surface area (Å²) < 4.78 is 12.4. The number of fused-ring (bicyclic) bond motifs is 7. The molecule has 6 aromatic rings. The van der Waals surface area contributed by atoms with Crippen molar-refractivity contribution >= 4 is 54.3 Å². The summed E-state index contributed by atoms with van der Waals surface area (Å²) in [6.45, 7) is 4.48. The van der Waals surface area contributed by atoms with Crippen molar-refractivity contribution in [1.29, 1.82) is 0 Å². The molecule has 2 nitrogen and oxygen atoms in total. The molecule has 0 unspecified atom stereocenters. The molecule has 2 heteroatoms. The van der Waals surface area contributed by atoms with Crippen LogP contribution >= 0.6 is 0 Å². The number of benzene rings is 4. The second-order valence-electron chi connectivity index (χ2n) is 9.79. The summed E-state index contributed by atoms with van der Waals surface area (Å²) in [6.07, 6.45) is 9.38. The number of furan rings is 2. The first kappa shape index (κ1) is 21.3. The molecule has 172 valence electrons. The van der Waals surface area contributed by atoms with Gasteiger partial charge in [-0.25, -0.2) is 0 Å². The van der Waals surface area contributed by atoms with Gasteiger partial charge in [-0.1, -0.05) is 63.8 Å². The fourth-order valence-electron chi connectivity index (χ4n) is 5.40. The Morgan fingerprint density at radius 2 is 0.941 bits per heavy atom. The molecule has 0 spiro atoms. The summed E-state index contributed by atoms with van der Waals surface area (Å²) in [5, 5.41) is 10.1. The molecule has 0 atom stereocenters. The molecule has 0 aliphatic carbocycles. The molecule has 0 aliphatic rings. The van der Waals surface area contributed by atoms with E-state index < -0.39 is 0 Å². The predicted octanol–water partition coefficient (Wildman–Crippen LogP) is 10.1. The molecule has 34 heavy (non-hydrogen) atoms. The van der Waals surface area contributed by atoms with Gasteiger partial charge in [0.25, 0.3) is 0 Å². The molecule has 0 fully saturated rings. The lowest BCUT2D eigenvalue weighted by Crippen LogP contribution is -1.81. The molecule has 2 heterocycles. The molecular weight excluding hydrogens is 416 g/mol. The molecule has 4 aromatic carbocycles. The van der Waals surface area contributed by atoms with Crippen LogP contribution in [0.2, 0.25) is 0 Å². The second-order valence-corrected chi connectivity index (χ2v) is 9.79. The van der Waals surface area contributed by atoms with Gasteiger partial charge in [-0.3, -0.25) is 0 Å². The van der Waals surface area contributed by atoms with Crippen LogP contribution in [0.15, 0.2) is 69.5 Å². The summed E-state index contributed by atoms with van der Waals surface area (Å²) in [5.41, 5.74) is 1.99. The van der Waals surface area contributed by atoms with Crippen molar-refractivity contribution in [2.24, 2.45) is 0 Å². The van der Waals surface area contributed by atoms with Crippen LogP contribution in [0.25, 0.3) is 54.3 Å². The van der Waals surface area contributed by atoms with E-state index in [4.69, 9.17) is 8.83 Å².